The third-order valence-corrected chi connectivity index (χ3v) is 5.84. The fraction of sp³-hybridized carbons (Fsp3) is 0.286. The molecule has 0 saturated carbocycles. The summed E-state index contributed by atoms with van der Waals surface area (Å²) < 4.78 is 28.0. The van der Waals surface area contributed by atoms with E-state index in [9.17, 15) is 22.8 Å². The average molecular weight is 430 g/mol. The number of esters is 1. The van der Waals surface area contributed by atoms with Crippen LogP contribution in [0.15, 0.2) is 48.5 Å². The molecule has 1 aliphatic heterocycles. The van der Waals surface area contributed by atoms with Crippen molar-refractivity contribution < 1.29 is 27.5 Å². The Labute approximate surface area is 174 Å². The highest BCUT2D eigenvalue weighted by Gasteiger charge is 2.36. The fourth-order valence-corrected chi connectivity index (χ4v) is 3.97. The number of rotatable bonds is 7. The van der Waals surface area contributed by atoms with Gasteiger partial charge in [-0.1, -0.05) is 18.2 Å². The van der Waals surface area contributed by atoms with Crippen LogP contribution in [0.5, 0.6) is 0 Å². The lowest BCUT2D eigenvalue weighted by atomic mass is 10.1. The molecule has 30 heavy (non-hydrogen) atoms. The average Bonchev–Trinajstić information content (AvgIpc) is 3.04. The van der Waals surface area contributed by atoms with Crippen LogP contribution in [-0.4, -0.2) is 56.3 Å². The Balaban J connectivity index is 1.81. The third-order valence-electron chi connectivity index (χ3n) is 4.86. The molecular weight excluding hydrogens is 408 g/mol. The molecule has 0 saturated heterocycles. The zero-order valence-corrected chi connectivity index (χ0v) is 17.4. The van der Waals surface area contributed by atoms with Crippen molar-refractivity contribution in [1.29, 1.82) is 0 Å². The van der Waals surface area contributed by atoms with E-state index in [1.165, 1.54) is 24.1 Å². The molecule has 0 aliphatic carbocycles. The number of amides is 2. The highest BCUT2D eigenvalue weighted by Crippen LogP contribution is 2.26. The Morgan fingerprint density at radius 1 is 1.13 bits per heavy atom. The molecule has 2 amide bonds. The molecule has 9 heteroatoms. The smallest absolute Gasteiger partial charge is 0.337 e. The summed E-state index contributed by atoms with van der Waals surface area (Å²) >= 11 is 0. The van der Waals surface area contributed by atoms with Crippen LogP contribution in [0.2, 0.25) is 0 Å². The summed E-state index contributed by atoms with van der Waals surface area (Å²) in [6.45, 7) is 0.234. The van der Waals surface area contributed by atoms with Crippen molar-refractivity contribution in [2.24, 2.45) is 0 Å². The van der Waals surface area contributed by atoms with Gasteiger partial charge in [0.05, 0.1) is 18.4 Å². The van der Waals surface area contributed by atoms with E-state index in [-0.39, 0.29) is 24.6 Å². The zero-order valence-electron chi connectivity index (χ0n) is 16.6. The molecule has 1 N–H and O–H groups in total. The molecule has 1 heterocycles. The Morgan fingerprint density at radius 2 is 1.80 bits per heavy atom. The summed E-state index contributed by atoms with van der Waals surface area (Å²) in [7, 11) is -2.05. The number of anilines is 1. The normalized spacial score (nSPS) is 14.2. The number of nitrogens with zero attached hydrogens (tertiary/aromatic N) is 1. The summed E-state index contributed by atoms with van der Waals surface area (Å²) in [5, 5.41) is 2.71. The number of carbonyl (C=O) groups excluding carboxylic acids is 3. The van der Waals surface area contributed by atoms with E-state index in [4.69, 9.17) is 0 Å². The van der Waals surface area contributed by atoms with Crippen LogP contribution in [0.25, 0.3) is 0 Å². The van der Waals surface area contributed by atoms with Crippen LogP contribution in [0.3, 0.4) is 0 Å². The van der Waals surface area contributed by atoms with E-state index in [0.717, 1.165) is 11.8 Å². The minimum absolute atomic E-state index is 0.0232. The number of nitrogens with one attached hydrogen (secondary N) is 1. The molecular formula is C21H22N2O6S. The van der Waals surface area contributed by atoms with Crippen LogP contribution in [0, 0.1) is 0 Å². The van der Waals surface area contributed by atoms with E-state index in [2.05, 4.69) is 10.1 Å². The summed E-state index contributed by atoms with van der Waals surface area (Å²) in [5.41, 5.74) is 2.05. The molecule has 0 radical (unpaired) electrons. The number of hydrogen-bond acceptors (Lipinski definition) is 6. The summed E-state index contributed by atoms with van der Waals surface area (Å²) in [6, 6.07) is 12.2. The topological polar surface area (TPSA) is 110 Å². The van der Waals surface area contributed by atoms with Gasteiger partial charge in [-0.3, -0.25) is 9.59 Å². The number of sulfone groups is 1. The van der Waals surface area contributed by atoms with Crippen molar-refractivity contribution in [3.05, 3.63) is 65.2 Å². The van der Waals surface area contributed by atoms with Crippen molar-refractivity contribution in [2.75, 3.05) is 24.4 Å². The van der Waals surface area contributed by atoms with Crippen LogP contribution in [0.4, 0.5) is 5.69 Å². The maximum atomic E-state index is 13.0. The Kier molecular flexibility index (Phi) is 6.21. The second-order valence-electron chi connectivity index (χ2n) is 7.08. The minimum atomic E-state index is -3.33. The van der Waals surface area contributed by atoms with Crippen LogP contribution in [-0.2, 0) is 25.9 Å². The molecule has 0 fully saturated rings. The Morgan fingerprint density at radius 3 is 2.40 bits per heavy atom. The van der Waals surface area contributed by atoms with Gasteiger partial charge in [-0.2, -0.15) is 0 Å². The zero-order chi connectivity index (χ0) is 21.9. The van der Waals surface area contributed by atoms with Gasteiger partial charge in [-0.15, -0.1) is 0 Å². The number of methoxy groups -OCH3 is 1. The molecule has 158 valence electrons. The lowest BCUT2D eigenvalue weighted by Crippen LogP contribution is -2.45. The predicted octanol–water partition coefficient (Wildman–Crippen LogP) is 1.87. The largest absolute Gasteiger partial charge is 0.465 e. The Bertz CT molecular complexity index is 1080. The first-order chi connectivity index (χ1) is 14.2. The van der Waals surface area contributed by atoms with Gasteiger partial charge in [0.2, 0.25) is 5.91 Å². The van der Waals surface area contributed by atoms with Crippen molar-refractivity contribution in [1.82, 2.24) is 4.90 Å². The molecule has 0 spiro atoms. The summed E-state index contributed by atoms with van der Waals surface area (Å²) in [4.78, 5) is 38.8. The third kappa shape index (κ3) is 4.85. The van der Waals surface area contributed by atoms with Gasteiger partial charge in [0.1, 0.15) is 15.9 Å². The van der Waals surface area contributed by atoms with E-state index in [1.54, 1.807) is 24.3 Å². The van der Waals surface area contributed by atoms with Crippen molar-refractivity contribution in [2.45, 2.75) is 19.0 Å². The highest BCUT2D eigenvalue weighted by atomic mass is 32.2. The predicted molar refractivity (Wildman–Crippen MR) is 111 cm³/mol. The molecule has 3 rings (SSSR count). The molecule has 1 aliphatic rings. The number of hydrogen-bond donors (Lipinski definition) is 1. The van der Waals surface area contributed by atoms with E-state index in [1.807, 2.05) is 12.1 Å². The van der Waals surface area contributed by atoms with Gasteiger partial charge >= 0.3 is 5.97 Å². The lowest BCUT2D eigenvalue weighted by molar-refractivity contribution is -0.120. The van der Waals surface area contributed by atoms with E-state index >= 15 is 0 Å². The minimum Gasteiger partial charge on any atom is -0.465 e. The molecule has 0 aromatic heterocycles. The molecule has 2 aromatic carbocycles. The maximum Gasteiger partial charge on any atom is 0.337 e. The maximum absolute atomic E-state index is 13.0. The second kappa shape index (κ2) is 8.66. The first-order valence-corrected chi connectivity index (χ1v) is 11.3. The first-order valence-electron chi connectivity index (χ1n) is 9.25. The quantitative estimate of drug-likeness (QED) is 0.672. The molecule has 8 nitrogen and oxygen atoms in total. The summed E-state index contributed by atoms with van der Waals surface area (Å²) in [5.74, 6) is -1.53. The number of ether oxygens (including phenoxy) is 1. The second-order valence-corrected chi connectivity index (χ2v) is 9.34. The van der Waals surface area contributed by atoms with Gasteiger partial charge in [0, 0.05) is 24.1 Å². The lowest BCUT2D eigenvalue weighted by Gasteiger charge is -2.26. The van der Waals surface area contributed by atoms with Crippen LogP contribution in [0.1, 0.15) is 32.7 Å². The van der Waals surface area contributed by atoms with Gasteiger partial charge < -0.3 is 15.0 Å². The van der Waals surface area contributed by atoms with Gasteiger partial charge in [0.15, 0.2) is 0 Å². The van der Waals surface area contributed by atoms with Crippen molar-refractivity contribution in [3.63, 3.8) is 0 Å². The van der Waals surface area contributed by atoms with Gasteiger partial charge in [-0.05, 0) is 42.3 Å². The Hall–Kier alpha value is -3.20. The number of carbonyl (C=O) groups is 3. The van der Waals surface area contributed by atoms with E-state index in [0.29, 0.717) is 16.8 Å². The first kappa shape index (κ1) is 21.5. The van der Waals surface area contributed by atoms with Crippen molar-refractivity contribution >= 4 is 33.3 Å². The number of benzene rings is 2. The molecule has 0 bridgehead atoms. The van der Waals surface area contributed by atoms with E-state index < -0.39 is 27.8 Å². The monoisotopic (exact) mass is 430 g/mol. The van der Waals surface area contributed by atoms with Crippen molar-refractivity contribution in [3.8, 4) is 0 Å². The highest BCUT2D eigenvalue weighted by molar-refractivity contribution is 7.90. The molecule has 0 unspecified atom stereocenters. The molecule has 1 atom stereocenters. The van der Waals surface area contributed by atoms with Crippen LogP contribution >= 0.6 is 0 Å². The van der Waals surface area contributed by atoms with Gasteiger partial charge in [0.25, 0.3) is 5.91 Å². The fourth-order valence-electron chi connectivity index (χ4n) is 3.32. The molecule has 2 aromatic rings. The van der Waals surface area contributed by atoms with Crippen LogP contribution < -0.4 is 5.32 Å². The SMILES string of the molecule is COC(=O)c1ccc(NC(=O)[C@@H](CCS(C)(=O)=O)N2Cc3ccccc3C2=O)cc1. The standard InChI is InChI=1S/C21H22N2O6S/c1-29-21(26)14-7-9-16(10-8-14)22-19(24)18(11-12-30(2,27)28)23-13-15-5-3-4-6-17(15)20(23)25/h3-10,18H,11-13H2,1-2H3,(H,22,24)/t18-/m1/s1. The number of fused-ring (bicyclic) bond motifs is 1. The summed E-state index contributed by atoms with van der Waals surface area (Å²) in [6.07, 6.45) is 1.07. The van der Waals surface area contributed by atoms with Gasteiger partial charge in [-0.25, -0.2) is 13.2 Å².